The Kier molecular flexibility index (Phi) is 4.91. The largest absolute Gasteiger partial charge is 0.370 e. The zero-order valence-corrected chi connectivity index (χ0v) is 13.1. The van der Waals surface area contributed by atoms with E-state index in [-0.39, 0.29) is 0 Å². The minimum Gasteiger partial charge on any atom is -0.370 e. The molecule has 5 heteroatoms. The van der Waals surface area contributed by atoms with Gasteiger partial charge in [0.2, 0.25) is 0 Å². The Balaban J connectivity index is 1.51. The van der Waals surface area contributed by atoms with E-state index in [0.717, 1.165) is 30.5 Å². The van der Waals surface area contributed by atoms with E-state index in [1.54, 1.807) is 0 Å². The zero-order chi connectivity index (χ0) is 14.5. The second kappa shape index (κ2) is 7.07. The minimum atomic E-state index is 0.591. The maximum Gasteiger partial charge on any atom is 0.136 e. The van der Waals surface area contributed by atoms with Gasteiger partial charge in [0.25, 0.3) is 0 Å². The lowest BCUT2D eigenvalue weighted by Gasteiger charge is -2.15. The molecule has 0 atom stereocenters. The van der Waals surface area contributed by atoms with Crippen LogP contribution in [0.1, 0.15) is 50.8 Å². The molecule has 0 aromatic carbocycles. The summed E-state index contributed by atoms with van der Waals surface area (Å²) >= 11 is 0. The number of hydrogen-bond acceptors (Lipinski definition) is 5. The van der Waals surface area contributed by atoms with Crippen LogP contribution in [0.15, 0.2) is 6.07 Å². The first-order chi connectivity index (χ1) is 10.3. The molecule has 1 aromatic rings. The zero-order valence-electron chi connectivity index (χ0n) is 13.1. The molecule has 0 bridgehead atoms. The first-order valence-corrected chi connectivity index (χ1v) is 8.44. The van der Waals surface area contributed by atoms with Crippen LogP contribution in [0, 0.1) is 0 Å². The molecule has 0 spiro atoms. The lowest BCUT2D eigenvalue weighted by atomic mass is 10.3. The van der Waals surface area contributed by atoms with Gasteiger partial charge in [0.05, 0.1) is 0 Å². The van der Waals surface area contributed by atoms with E-state index in [1.807, 2.05) is 6.07 Å². The van der Waals surface area contributed by atoms with Gasteiger partial charge in [-0.1, -0.05) is 0 Å². The highest BCUT2D eigenvalue weighted by molar-refractivity contribution is 5.48. The van der Waals surface area contributed by atoms with Gasteiger partial charge in [0.15, 0.2) is 0 Å². The second-order valence-electron chi connectivity index (χ2n) is 6.13. The molecule has 1 aliphatic heterocycles. The number of rotatable bonds is 8. The summed E-state index contributed by atoms with van der Waals surface area (Å²) in [7, 11) is 0. The van der Waals surface area contributed by atoms with Crippen molar-refractivity contribution in [2.24, 2.45) is 0 Å². The van der Waals surface area contributed by atoms with Crippen LogP contribution >= 0.6 is 0 Å². The van der Waals surface area contributed by atoms with Gasteiger partial charge in [-0.2, -0.15) is 0 Å². The summed E-state index contributed by atoms with van der Waals surface area (Å²) in [5.74, 6) is 3.53. The van der Waals surface area contributed by atoms with Crippen LogP contribution in [0.5, 0.6) is 0 Å². The van der Waals surface area contributed by atoms with E-state index in [2.05, 4.69) is 32.4 Å². The van der Waals surface area contributed by atoms with Crippen LogP contribution in [-0.2, 0) is 0 Å². The van der Waals surface area contributed by atoms with Crippen LogP contribution in [0.2, 0.25) is 0 Å². The third-order valence-corrected chi connectivity index (χ3v) is 4.20. The molecule has 1 aromatic heterocycles. The second-order valence-corrected chi connectivity index (χ2v) is 6.13. The van der Waals surface area contributed by atoms with E-state index < -0.39 is 0 Å². The Morgan fingerprint density at radius 3 is 2.52 bits per heavy atom. The third kappa shape index (κ3) is 4.30. The van der Waals surface area contributed by atoms with Crippen molar-refractivity contribution in [1.29, 1.82) is 0 Å². The summed E-state index contributed by atoms with van der Waals surface area (Å²) in [6.45, 7) is 7.75. The van der Waals surface area contributed by atoms with Crippen LogP contribution in [0.3, 0.4) is 0 Å². The summed E-state index contributed by atoms with van der Waals surface area (Å²) in [5.41, 5.74) is 0. The topological polar surface area (TPSA) is 53.1 Å². The summed E-state index contributed by atoms with van der Waals surface area (Å²) < 4.78 is 0. The number of nitrogens with zero attached hydrogens (tertiary/aromatic N) is 3. The fourth-order valence-electron chi connectivity index (χ4n) is 2.88. The molecule has 1 aliphatic carbocycles. The number of hydrogen-bond donors (Lipinski definition) is 2. The van der Waals surface area contributed by atoms with Crippen molar-refractivity contribution >= 4 is 11.6 Å². The van der Waals surface area contributed by atoms with Gasteiger partial charge in [-0.15, -0.1) is 0 Å². The van der Waals surface area contributed by atoms with E-state index in [9.17, 15) is 0 Å². The summed E-state index contributed by atoms with van der Waals surface area (Å²) in [6, 6.07) is 2.03. The molecule has 0 radical (unpaired) electrons. The highest BCUT2D eigenvalue weighted by Crippen LogP contribution is 2.38. The van der Waals surface area contributed by atoms with Crippen LogP contribution in [-0.4, -0.2) is 47.6 Å². The van der Waals surface area contributed by atoms with Gasteiger partial charge in [-0.3, -0.25) is 0 Å². The molecule has 2 heterocycles. The van der Waals surface area contributed by atoms with Crippen molar-refractivity contribution in [2.45, 2.75) is 44.9 Å². The first kappa shape index (κ1) is 14.6. The average molecular weight is 289 g/mol. The molecule has 21 heavy (non-hydrogen) atoms. The molecule has 5 nitrogen and oxygen atoms in total. The van der Waals surface area contributed by atoms with Crippen LogP contribution in [0.25, 0.3) is 0 Å². The maximum atomic E-state index is 4.67. The Morgan fingerprint density at radius 2 is 1.86 bits per heavy atom. The monoisotopic (exact) mass is 289 g/mol. The normalized spacial score (nSPS) is 18.9. The van der Waals surface area contributed by atoms with Crippen molar-refractivity contribution in [2.75, 3.05) is 43.4 Å². The molecule has 1 saturated carbocycles. The molecule has 3 rings (SSSR count). The molecule has 0 amide bonds. The van der Waals surface area contributed by atoms with Crippen LogP contribution in [0.4, 0.5) is 11.6 Å². The molecular weight excluding hydrogens is 262 g/mol. The smallest absolute Gasteiger partial charge is 0.136 e. The van der Waals surface area contributed by atoms with Crippen molar-refractivity contribution in [3.05, 3.63) is 11.9 Å². The van der Waals surface area contributed by atoms with Gasteiger partial charge >= 0.3 is 0 Å². The Labute approximate surface area is 127 Å². The predicted octanol–water partition coefficient (Wildman–Crippen LogP) is 2.68. The predicted molar refractivity (Wildman–Crippen MR) is 87.0 cm³/mol. The van der Waals surface area contributed by atoms with E-state index in [1.165, 1.54) is 51.7 Å². The van der Waals surface area contributed by atoms with Crippen molar-refractivity contribution in [1.82, 2.24) is 14.9 Å². The fraction of sp³-hybridized carbons (Fsp3) is 0.750. The lowest BCUT2D eigenvalue weighted by Crippen LogP contribution is -2.22. The van der Waals surface area contributed by atoms with E-state index in [0.29, 0.717) is 5.92 Å². The van der Waals surface area contributed by atoms with E-state index >= 15 is 0 Å². The quantitative estimate of drug-likeness (QED) is 0.721. The molecule has 1 saturated heterocycles. The number of nitrogens with one attached hydrogen (secondary N) is 2. The highest BCUT2D eigenvalue weighted by Gasteiger charge is 2.27. The van der Waals surface area contributed by atoms with Gasteiger partial charge < -0.3 is 15.5 Å². The van der Waals surface area contributed by atoms with Crippen molar-refractivity contribution in [3.8, 4) is 0 Å². The van der Waals surface area contributed by atoms with Gasteiger partial charge in [-0.05, 0) is 58.7 Å². The van der Waals surface area contributed by atoms with Crippen LogP contribution < -0.4 is 10.6 Å². The Hall–Kier alpha value is -1.36. The lowest BCUT2D eigenvalue weighted by molar-refractivity contribution is 0.337. The Morgan fingerprint density at radius 1 is 1.14 bits per heavy atom. The molecular formula is C16H27N5. The molecule has 2 fully saturated rings. The van der Waals surface area contributed by atoms with Crippen molar-refractivity contribution in [3.63, 3.8) is 0 Å². The molecule has 0 unspecified atom stereocenters. The summed E-state index contributed by atoms with van der Waals surface area (Å²) in [4.78, 5) is 11.8. The summed E-state index contributed by atoms with van der Waals surface area (Å²) in [6.07, 6.45) is 6.40. The fourth-order valence-corrected chi connectivity index (χ4v) is 2.88. The third-order valence-electron chi connectivity index (χ3n) is 4.20. The summed E-state index contributed by atoms with van der Waals surface area (Å²) in [5, 5.41) is 6.78. The SMILES string of the molecule is CCNc1cc(NCCCN2CCCC2)nc(C2CC2)n1. The maximum absolute atomic E-state index is 4.67. The number of anilines is 2. The van der Waals surface area contributed by atoms with Gasteiger partial charge in [0.1, 0.15) is 17.5 Å². The van der Waals surface area contributed by atoms with Gasteiger partial charge in [0, 0.05) is 25.1 Å². The number of likely N-dealkylation sites (tertiary alicyclic amines) is 1. The highest BCUT2D eigenvalue weighted by atomic mass is 15.1. The minimum absolute atomic E-state index is 0.591. The molecule has 116 valence electrons. The Bertz CT molecular complexity index is 452. The molecule has 2 aliphatic rings. The van der Waals surface area contributed by atoms with Crippen molar-refractivity contribution < 1.29 is 0 Å². The molecule has 2 N–H and O–H groups in total. The van der Waals surface area contributed by atoms with Gasteiger partial charge in [-0.25, -0.2) is 9.97 Å². The average Bonchev–Trinajstić information content (AvgIpc) is 3.21. The number of aromatic nitrogens is 2. The first-order valence-electron chi connectivity index (χ1n) is 8.44. The van der Waals surface area contributed by atoms with E-state index in [4.69, 9.17) is 0 Å². The standard InChI is InChI=1S/C16H27N5/c1-2-17-14-12-15(20-16(19-14)13-6-7-13)18-8-5-11-21-9-3-4-10-21/h12-13H,2-11H2,1H3,(H2,17,18,19,20).